The zero-order valence-electron chi connectivity index (χ0n) is 19.1. The molecule has 166 valence electrons. The third kappa shape index (κ3) is 5.68. The lowest BCUT2D eigenvalue weighted by molar-refractivity contribution is 0.197. The molecule has 4 rings (SSSR count). The van der Waals surface area contributed by atoms with Gasteiger partial charge in [0.25, 0.3) is 0 Å². The second-order valence-electron chi connectivity index (χ2n) is 9.14. The van der Waals surface area contributed by atoms with E-state index in [0.717, 1.165) is 44.0 Å². The van der Waals surface area contributed by atoms with Gasteiger partial charge >= 0.3 is 0 Å². The van der Waals surface area contributed by atoms with Gasteiger partial charge in [0, 0.05) is 13.1 Å². The molecule has 31 heavy (non-hydrogen) atoms. The van der Waals surface area contributed by atoms with Crippen LogP contribution in [0.4, 0.5) is 11.4 Å². The lowest BCUT2D eigenvalue weighted by Gasteiger charge is -2.46. The molecule has 2 aliphatic rings. The smallest absolute Gasteiger partial charge is 0.127 e. The van der Waals surface area contributed by atoms with E-state index in [1.165, 1.54) is 56.3 Å². The van der Waals surface area contributed by atoms with Gasteiger partial charge in [-0.1, -0.05) is 81.5 Å². The first kappa shape index (κ1) is 21.9. The van der Waals surface area contributed by atoms with Crippen LogP contribution < -0.4 is 10.6 Å². The van der Waals surface area contributed by atoms with Crippen molar-refractivity contribution in [1.82, 2.24) is 4.90 Å². The summed E-state index contributed by atoms with van der Waals surface area (Å²) >= 11 is 0. The fourth-order valence-electron chi connectivity index (χ4n) is 4.85. The zero-order chi connectivity index (χ0) is 21.4. The zero-order valence-corrected chi connectivity index (χ0v) is 19.1. The van der Waals surface area contributed by atoms with Gasteiger partial charge < -0.3 is 15.5 Å². The summed E-state index contributed by atoms with van der Waals surface area (Å²) in [5.74, 6) is 1.11. The van der Waals surface area contributed by atoms with Crippen LogP contribution in [-0.4, -0.2) is 35.9 Å². The molecule has 1 fully saturated rings. The lowest BCUT2D eigenvalue weighted by atomic mass is 9.83. The molecule has 0 atom stereocenters. The van der Waals surface area contributed by atoms with Crippen molar-refractivity contribution in [2.45, 2.75) is 70.4 Å². The van der Waals surface area contributed by atoms with Crippen molar-refractivity contribution in [3.63, 3.8) is 0 Å². The highest BCUT2D eigenvalue weighted by molar-refractivity contribution is 6.09. The first-order chi connectivity index (χ1) is 15.3. The predicted octanol–water partition coefficient (Wildman–Crippen LogP) is 6.32. The van der Waals surface area contributed by atoms with E-state index in [4.69, 9.17) is 4.99 Å². The molecular formula is C27H38N4. The Balaban J connectivity index is 1.40. The summed E-state index contributed by atoms with van der Waals surface area (Å²) in [5, 5.41) is 7.57. The number of nitrogens with one attached hydrogen (secondary N) is 2. The van der Waals surface area contributed by atoms with Gasteiger partial charge in [-0.05, 0) is 43.5 Å². The number of anilines is 2. The molecule has 1 spiro atoms. The number of para-hydroxylation sites is 2. The Bertz CT molecular complexity index is 837. The van der Waals surface area contributed by atoms with Crippen molar-refractivity contribution >= 4 is 17.2 Å². The quantitative estimate of drug-likeness (QED) is 0.468. The van der Waals surface area contributed by atoms with Crippen LogP contribution in [0.3, 0.4) is 0 Å². The van der Waals surface area contributed by atoms with Gasteiger partial charge in [0.05, 0.1) is 23.5 Å². The first-order valence-electron chi connectivity index (χ1n) is 12.2. The second-order valence-corrected chi connectivity index (χ2v) is 9.14. The van der Waals surface area contributed by atoms with Crippen LogP contribution in [0.25, 0.3) is 0 Å². The van der Waals surface area contributed by atoms with Crippen LogP contribution in [0.1, 0.15) is 63.9 Å². The summed E-state index contributed by atoms with van der Waals surface area (Å²) < 4.78 is 0. The number of rotatable bonds is 9. The molecule has 2 N–H and O–H groups in total. The molecule has 0 amide bonds. The molecule has 0 aromatic heterocycles. The maximum Gasteiger partial charge on any atom is 0.127 e. The van der Waals surface area contributed by atoms with E-state index in [-0.39, 0.29) is 5.54 Å². The third-order valence-electron chi connectivity index (χ3n) is 6.81. The molecule has 0 unspecified atom stereocenters. The number of hydrogen-bond acceptors (Lipinski definition) is 3. The topological polar surface area (TPSA) is 39.7 Å². The van der Waals surface area contributed by atoms with Crippen molar-refractivity contribution < 1.29 is 0 Å². The highest BCUT2D eigenvalue weighted by Gasteiger charge is 2.42. The maximum atomic E-state index is 5.08. The number of amidine groups is 1. The second kappa shape index (κ2) is 10.8. The molecule has 0 radical (unpaired) electrons. The van der Waals surface area contributed by atoms with Gasteiger partial charge in [-0.15, -0.1) is 0 Å². The third-order valence-corrected chi connectivity index (χ3v) is 6.81. The predicted molar refractivity (Wildman–Crippen MR) is 133 cm³/mol. The summed E-state index contributed by atoms with van der Waals surface area (Å²) in [7, 11) is 0. The van der Waals surface area contributed by atoms with E-state index in [2.05, 4.69) is 77.1 Å². The van der Waals surface area contributed by atoms with Crippen LogP contribution in [0, 0.1) is 0 Å². The number of aliphatic imine (C=N–C) groups is 1. The summed E-state index contributed by atoms with van der Waals surface area (Å²) in [6, 6.07) is 19.1. The normalized spacial score (nSPS) is 19.1. The highest BCUT2D eigenvalue weighted by Crippen LogP contribution is 2.37. The average Bonchev–Trinajstić information content (AvgIpc) is 2.82. The Morgan fingerprint density at radius 2 is 1.52 bits per heavy atom. The summed E-state index contributed by atoms with van der Waals surface area (Å²) in [4.78, 5) is 7.74. The van der Waals surface area contributed by atoms with Gasteiger partial charge in [0.1, 0.15) is 5.84 Å². The molecule has 2 aromatic carbocycles. The van der Waals surface area contributed by atoms with Crippen LogP contribution in [0.2, 0.25) is 0 Å². The molecule has 2 aromatic rings. The monoisotopic (exact) mass is 418 g/mol. The molecule has 0 bridgehead atoms. The van der Waals surface area contributed by atoms with Crippen molar-refractivity contribution in [2.24, 2.45) is 4.99 Å². The molecule has 1 saturated heterocycles. The highest BCUT2D eigenvalue weighted by atomic mass is 15.2. The van der Waals surface area contributed by atoms with Crippen molar-refractivity contribution in [3.8, 4) is 0 Å². The minimum absolute atomic E-state index is 0.0826. The van der Waals surface area contributed by atoms with E-state index in [1.807, 2.05) is 0 Å². The van der Waals surface area contributed by atoms with Gasteiger partial charge in [0.2, 0.25) is 0 Å². The van der Waals surface area contributed by atoms with Crippen molar-refractivity contribution in [3.05, 3.63) is 60.2 Å². The van der Waals surface area contributed by atoms with Gasteiger partial charge in [-0.25, -0.2) is 0 Å². The SMILES string of the molecule is CCCCCCCCN1CCC2(CC1)Nc1ccccc1NC2=NCc1ccccc1. The number of benzene rings is 2. The molecule has 0 saturated carbocycles. The number of hydrogen-bond donors (Lipinski definition) is 2. The lowest BCUT2D eigenvalue weighted by Crippen LogP contribution is -2.58. The average molecular weight is 419 g/mol. The number of likely N-dealkylation sites (tertiary alicyclic amines) is 1. The minimum Gasteiger partial charge on any atom is -0.371 e. The van der Waals surface area contributed by atoms with E-state index in [9.17, 15) is 0 Å². The Kier molecular flexibility index (Phi) is 7.63. The number of fused-ring (bicyclic) bond motifs is 1. The van der Waals surface area contributed by atoms with E-state index < -0.39 is 0 Å². The first-order valence-corrected chi connectivity index (χ1v) is 12.2. The van der Waals surface area contributed by atoms with Crippen LogP contribution in [-0.2, 0) is 6.54 Å². The molecule has 4 nitrogen and oxygen atoms in total. The number of piperidine rings is 1. The summed E-state index contributed by atoms with van der Waals surface area (Å²) in [6.07, 6.45) is 10.4. The van der Waals surface area contributed by atoms with Gasteiger partial charge in [-0.2, -0.15) is 0 Å². The molecule has 4 heteroatoms. The Labute approximate surface area is 188 Å². The van der Waals surface area contributed by atoms with E-state index in [0.29, 0.717) is 0 Å². The van der Waals surface area contributed by atoms with E-state index in [1.54, 1.807) is 0 Å². The largest absolute Gasteiger partial charge is 0.371 e. The molecular weight excluding hydrogens is 380 g/mol. The number of nitrogens with zero attached hydrogens (tertiary/aromatic N) is 2. The van der Waals surface area contributed by atoms with Crippen LogP contribution in [0.5, 0.6) is 0 Å². The van der Waals surface area contributed by atoms with Gasteiger partial charge in [-0.3, -0.25) is 4.99 Å². The maximum absolute atomic E-state index is 5.08. The fourth-order valence-corrected chi connectivity index (χ4v) is 4.85. The van der Waals surface area contributed by atoms with Gasteiger partial charge in [0.15, 0.2) is 0 Å². The standard InChI is InChI=1S/C27H38N4/c1-2-3-4-5-6-12-19-31-20-17-27(18-21-31)26(28-22-23-13-8-7-9-14-23)29-24-15-10-11-16-25(24)30-27/h7-11,13-16,30H,2-6,12,17-22H2,1H3,(H,28,29). The Hall–Kier alpha value is -2.33. The summed E-state index contributed by atoms with van der Waals surface area (Å²) in [6.45, 7) is 6.51. The fraction of sp³-hybridized carbons (Fsp3) is 0.519. The summed E-state index contributed by atoms with van der Waals surface area (Å²) in [5.41, 5.74) is 3.51. The molecule has 2 aliphatic heterocycles. The minimum atomic E-state index is -0.0826. The van der Waals surface area contributed by atoms with Crippen LogP contribution >= 0.6 is 0 Å². The molecule has 0 aliphatic carbocycles. The van der Waals surface area contributed by atoms with E-state index >= 15 is 0 Å². The Morgan fingerprint density at radius 3 is 2.29 bits per heavy atom. The Morgan fingerprint density at radius 1 is 0.839 bits per heavy atom. The van der Waals surface area contributed by atoms with Crippen molar-refractivity contribution in [2.75, 3.05) is 30.3 Å². The number of unbranched alkanes of at least 4 members (excludes halogenated alkanes) is 5. The molecule has 2 heterocycles. The van der Waals surface area contributed by atoms with Crippen molar-refractivity contribution in [1.29, 1.82) is 0 Å². The van der Waals surface area contributed by atoms with Crippen LogP contribution in [0.15, 0.2) is 59.6 Å².